The van der Waals surface area contributed by atoms with E-state index in [1.165, 1.54) is 27.7 Å². The highest BCUT2D eigenvalue weighted by Gasteiger charge is 2.30. The van der Waals surface area contributed by atoms with Crippen LogP contribution < -0.4 is 10.9 Å². The van der Waals surface area contributed by atoms with E-state index in [-0.39, 0.29) is 5.56 Å². The number of thioether (sulfide) groups is 1. The number of thiophene rings is 1. The number of hydrogen-bond donors (Lipinski definition) is 1. The second-order valence-corrected chi connectivity index (χ2v) is 9.46. The van der Waals surface area contributed by atoms with Crippen molar-refractivity contribution in [3.05, 3.63) is 20.8 Å². The Morgan fingerprint density at radius 1 is 1.46 bits per heavy atom. The van der Waals surface area contributed by atoms with E-state index in [1.807, 2.05) is 12.2 Å². The lowest BCUT2D eigenvalue weighted by molar-refractivity contribution is -0.137. The van der Waals surface area contributed by atoms with E-state index in [2.05, 4.69) is 11.9 Å². The number of amides is 1. The van der Waals surface area contributed by atoms with Crippen LogP contribution in [0.3, 0.4) is 0 Å². The summed E-state index contributed by atoms with van der Waals surface area (Å²) in [6, 6.07) is 0. The van der Waals surface area contributed by atoms with Crippen LogP contribution in [0, 0.1) is 5.92 Å². The van der Waals surface area contributed by atoms with Crippen molar-refractivity contribution < 1.29 is 18.0 Å². The Kier molecular flexibility index (Phi) is 6.09. The molecular weight excluding hydrogens is 411 g/mol. The van der Waals surface area contributed by atoms with Crippen molar-refractivity contribution in [3.63, 3.8) is 0 Å². The molecule has 2 atom stereocenters. The number of nitrogens with zero attached hydrogens (tertiary/aromatic N) is 2. The number of carbonyl (C=O) groups excluding carboxylic acids is 1. The lowest BCUT2D eigenvalue weighted by Crippen LogP contribution is -2.38. The zero-order chi connectivity index (χ0) is 20.6. The molecule has 1 aliphatic rings. The second-order valence-electron chi connectivity index (χ2n) is 7.07. The molecule has 28 heavy (non-hydrogen) atoms. The minimum absolute atomic E-state index is 0.134. The van der Waals surface area contributed by atoms with Crippen LogP contribution in [0.4, 0.5) is 13.2 Å². The summed E-state index contributed by atoms with van der Waals surface area (Å²) in [6.45, 7) is 4.51. The van der Waals surface area contributed by atoms with Crippen molar-refractivity contribution >= 4 is 39.2 Å². The number of halogens is 3. The molecule has 5 nitrogen and oxygen atoms in total. The molecule has 2 unspecified atom stereocenters. The van der Waals surface area contributed by atoms with Gasteiger partial charge in [-0.15, -0.1) is 11.3 Å². The monoisotopic (exact) mass is 433 g/mol. The molecule has 2 aromatic heterocycles. The molecule has 154 valence electrons. The average molecular weight is 434 g/mol. The molecule has 1 N–H and O–H groups in total. The fraction of sp³-hybridized carbons (Fsp3) is 0.611. The largest absolute Gasteiger partial charge is 0.405 e. The number of aryl methyl sites for hydroxylation is 1. The van der Waals surface area contributed by atoms with Gasteiger partial charge in [0.05, 0.1) is 10.6 Å². The zero-order valence-electron chi connectivity index (χ0n) is 15.9. The van der Waals surface area contributed by atoms with E-state index in [1.54, 1.807) is 0 Å². The lowest BCUT2D eigenvalue weighted by atomic mass is 9.89. The first-order valence-corrected chi connectivity index (χ1v) is 10.9. The molecule has 0 aromatic carbocycles. The third-order valence-corrected chi connectivity index (χ3v) is 7.05. The van der Waals surface area contributed by atoms with Crippen LogP contribution in [-0.4, -0.2) is 33.4 Å². The quantitative estimate of drug-likeness (QED) is 0.576. The van der Waals surface area contributed by atoms with E-state index in [4.69, 9.17) is 0 Å². The van der Waals surface area contributed by atoms with Gasteiger partial charge in [-0.3, -0.25) is 14.2 Å². The van der Waals surface area contributed by atoms with Gasteiger partial charge in [0.25, 0.3) is 5.56 Å². The molecule has 0 fully saturated rings. The van der Waals surface area contributed by atoms with E-state index in [0.717, 1.165) is 36.6 Å². The summed E-state index contributed by atoms with van der Waals surface area (Å²) in [5.41, 5.74) is 0.954. The van der Waals surface area contributed by atoms with Gasteiger partial charge in [-0.25, -0.2) is 4.98 Å². The Balaban J connectivity index is 1.91. The molecule has 1 aliphatic carbocycles. The Morgan fingerprint density at radius 2 is 2.18 bits per heavy atom. The van der Waals surface area contributed by atoms with Crippen molar-refractivity contribution in [3.8, 4) is 0 Å². The fourth-order valence-electron chi connectivity index (χ4n) is 3.32. The Morgan fingerprint density at radius 3 is 2.82 bits per heavy atom. The molecule has 0 radical (unpaired) electrons. The Bertz CT molecular complexity index is 952. The summed E-state index contributed by atoms with van der Waals surface area (Å²) >= 11 is 2.52. The Hall–Kier alpha value is -1.55. The molecular formula is C18H22F3N3O2S2. The third kappa shape index (κ3) is 4.37. The molecule has 0 bridgehead atoms. The van der Waals surface area contributed by atoms with Crippen molar-refractivity contribution in [2.45, 2.75) is 63.2 Å². The molecule has 3 rings (SSSR count). The molecule has 0 aliphatic heterocycles. The highest BCUT2D eigenvalue weighted by Crippen LogP contribution is 2.36. The SMILES string of the molecule is CCn1c(SC(C)C(=O)NCC(F)(F)F)nc2sc3c(c2c1=O)CCC(C)C3. The summed E-state index contributed by atoms with van der Waals surface area (Å²) in [5.74, 6) is -0.168. The van der Waals surface area contributed by atoms with Gasteiger partial charge >= 0.3 is 6.18 Å². The minimum Gasteiger partial charge on any atom is -0.346 e. The molecule has 0 saturated heterocycles. The van der Waals surface area contributed by atoms with Crippen LogP contribution >= 0.6 is 23.1 Å². The standard InChI is InChI=1S/C18H22F3N3O2S2/c1-4-24-16(26)13-11-6-5-9(2)7-12(11)28-15(13)23-17(24)27-10(3)14(25)22-8-18(19,20)21/h9-10H,4-8H2,1-3H3,(H,22,25). The maximum atomic E-state index is 13.1. The molecule has 2 heterocycles. The van der Waals surface area contributed by atoms with Crippen molar-refractivity contribution in [2.75, 3.05) is 6.54 Å². The second kappa shape index (κ2) is 8.06. The van der Waals surface area contributed by atoms with Crippen LogP contribution in [0.25, 0.3) is 10.2 Å². The highest BCUT2D eigenvalue weighted by molar-refractivity contribution is 8.00. The van der Waals surface area contributed by atoms with E-state index in [9.17, 15) is 22.8 Å². The average Bonchev–Trinajstić information content (AvgIpc) is 2.96. The van der Waals surface area contributed by atoms with Crippen LogP contribution in [-0.2, 0) is 24.2 Å². The number of fused-ring (bicyclic) bond motifs is 3. The smallest absolute Gasteiger partial charge is 0.346 e. The first kappa shape index (κ1) is 21.2. The molecule has 0 spiro atoms. The van der Waals surface area contributed by atoms with Crippen molar-refractivity contribution in [1.82, 2.24) is 14.9 Å². The van der Waals surface area contributed by atoms with Gasteiger partial charge in [0.1, 0.15) is 11.4 Å². The van der Waals surface area contributed by atoms with E-state index >= 15 is 0 Å². The number of aromatic nitrogens is 2. The number of alkyl halides is 3. The normalized spacial score (nSPS) is 18.1. The van der Waals surface area contributed by atoms with Crippen LogP contribution in [0.15, 0.2) is 9.95 Å². The predicted octanol–water partition coefficient (Wildman–Crippen LogP) is 3.76. The molecule has 2 aromatic rings. The Labute approximate surface area is 168 Å². The van der Waals surface area contributed by atoms with Crippen LogP contribution in [0.5, 0.6) is 0 Å². The predicted molar refractivity (Wildman–Crippen MR) is 105 cm³/mol. The first-order chi connectivity index (χ1) is 13.1. The lowest BCUT2D eigenvalue weighted by Gasteiger charge is -2.18. The fourth-order valence-corrected chi connectivity index (χ4v) is 5.74. The summed E-state index contributed by atoms with van der Waals surface area (Å²) in [6.07, 6.45) is -1.63. The van der Waals surface area contributed by atoms with E-state index < -0.39 is 23.9 Å². The maximum Gasteiger partial charge on any atom is 0.405 e. The van der Waals surface area contributed by atoms with Gasteiger partial charge in [-0.1, -0.05) is 18.7 Å². The third-order valence-electron chi connectivity index (χ3n) is 4.81. The summed E-state index contributed by atoms with van der Waals surface area (Å²) in [7, 11) is 0. The number of carbonyl (C=O) groups is 1. The topological polar surface area (TPSA) is 64.0 Å². The van der Waals surface area contributed by atoms with Crippen molar-refractivity contribution in [2.24, 2.45) is 5.92 Å². The van der Waals surface area contributed by atoms with Gasteiger partial charge in [0.2, 0.25) is 5.91 Å². The van der Waals surface area contributed by atoms with Gasteiger partial charge in [-0.05, 0) is 44.6 Å². The summed E-state index contributed by atoms with van der Waals surface area (Å²) in [4.78, 5) is 31.5. The summed E-state index contributed by atoms with van der Waals surface area (Å²) < 4.78 is 38.4. The minimum atomic E-state index is -4.46. The number of nitrogens with one attached hydrogen (secondary N) is 1. The van der Waals surface area contributed by atoms with Crippen LogP contribution in [0.2, 0.25) is 0 Å². The highest BCUT2D eigenvalue weighted by atomic mass is 32.2. The van der Waals surface area contributed by atoms with Crippen molar-refractivity contribution in [1.29, 1.82) is 0 Å². The number of hydrogen-bond acceptors (Lipinski definition) is 5. The van der Waals surface area contributed by atoms with Gasteiger partial charge in [-0.2, -0.15) is 13.2 Å². The van der Waals surface area contributed by atoms with Gasteiger partial charge in [0, 0.05) is 11.4 Å². The van der Waals surface area contributed by atoms with Gasteiger partial charge < -0.3 is 5.32 Å². The zero-order valence-corrected chi connectivity index (χ0v) is 17.5. The summed E-state index contributed by atoms with van der Waals surface area (Å²) in [5, 5.41) is 2.09. The molecule has 10 heteroatoms. The van der Waals surface area contributed by atoms with E-state index in [0.29, 0.717) is 27.8 Å². The molecule has 1 amide bonds. The van der Waals surface area contributed by atoms with Gasteiger partial charge in [0.15, 0.2) is 5.16 Å². The van der Waals surface area contributed by atoms with Crippen LogP contribution in [0.1, 0.15) is 37.6 Å². The first-order valence-electron chi connectivity index (χ1n) is 9.17. The number of rotatable bonds is 5. The maximum absolute atomic E-state index is 13.1. The molecule has 0 saturated carbocycles.